The Morgan fingerprint density at radius 3 is 2.62 bits per heavy atom. The number of hydrogen-bond acceptors (Lipinski definition) is 12. The number of hydrogen-bond donors (Lipinski definition) is 7. The lowest BCUT2D eigenvalue weighted by Gasteiger charge is -2.27. The minimum atomic E-state index is -4.90. The first kappa shape index (κ1) is 22.5. The van der Waals surface area contributed by atoms with Crippen molar-refractivity contribution in [3.63, 3.8) is 0 Å². The van der Waals surface area contributed by atoms with Crippen LogP contribution in [0.2, 0.25) is 0 Å². The third-order valence-electron chi connectivity index (χ3n) is 4.17. The molecule has 3 heterocycles. The molecule has 1 aromatic rings. The fourth-order valence-corrected chi connectivity index (χ4v) is 7.66. The summed E-state index contributed by atoms with van der Waals surface area (Å²) in [4.78, 5) is 48.4. The summed E-state index contributed by atoms with van der Waals surface area (Å²) in [6.07, 6.45) is -5.59. The van der Waals surface area contributed by atoms with E-state index >= 15 is 0 Å². The summed E-state index contributed by atoms with van der Waals surface area (Å²) in [7, 11) is 1.59. The number of rotatable bonds is 6. The van der Waals surface area contributed by atoms with E-state index in [9.17, 15) is 29.0 Å². The monoisotopic (exact) mass is 475 g/mol. The van der Waals surface area contributed by atoms with Crippen LogP contribution in [0, 0.1) is 0 Å². The summed E-state index contributed by atoms with van der Waals surface area (Å²) in [6, 6.07) is 0. The van der Waals surface area contributed by atoms with Gasteiger partial charge in [-0.15, -0.1) is 0 Å². The number of aromatic amines is 1. The van der Waals surface area contributed by atoms with Crippen molar-refractivity contribution >= 4 is 42.1 Å². The number of nitrogen functional groups attached to an aromatic ring is 1. The van der Waals surface area contributed by atoms with E-state index in [1.54, 1.807) is 7.05 Å². The van der Waals surface area contributed by atoms with E-state index in [0.717, 1.165) is 0 Å². The summed E-state index contributed by atoms with van der Waals surface area (Å²) < 4.78 is 32.7. The first-order valence-corrected chi connectivity index (χ1v) is 13.1. The molecule has 18 heteroatoms. The maximum Gasteiger partial charge on any atom is 0.397 e. The fraction of sp³-hybridized carbons (Fsp3) is 0.636. The Bertz CT molecular complexity index is 941. The number of aromatic nitrogens is 2. The molecule has 1 aromatic heterocycles. The molecule has 1 saturated heterocycles. The van der Waals surface area contributed by atoms with Crippen molar-refractivity contribution in [1.29, 1.82) is 0 Å². The Morgan fingerprint density at radius 2 is 2.00 bits per heavy atom. The Labute approximate surface area is 166 Å². The standard InChI is InChI=1S/C11H19N5O10P2S/c1-15-3-16(8-5(15)9(19)14-11(12)13-8)10-7(18)6(17)4(26-10)2-25-28(23,24)29-27(20,21)22/h4,6-7,10,17-18H,2-3H2,1H3,(H,23,24)(H2,20,21,22)(H3,12,13,14,19)/t4-,6-,7-,10-/m1/s1. The van der Waals surface area contributed by atoms with Crippen LogP contribution in [0.1, 0.15) is 0 Å². The van der Waals surface area contributed by atoms with E-state index in [4.69, 9.17) is 20.3 Å². The van der Waals surface area contributed by atoms with Crippen molar-refractivity contribution in [2.45, 2.75) is 24.5 Å². The Morgan fingerprint density at radius 1 is 1.34 bits per heavy atom. The highest BCUT2D eigenvalue weighted by molar-refractivity contribution is 8.84. The predicted octanol–water partition coefficient (Wildman–Crippen LogP) is -2.04. The maximum absolute atomic E-state index is 12.1. The highest BCUT2D eigenvalue weighted by atomic mass is 33.1. The predicted molar refractivity (Wildman–Crippen MR) is 101 cm³/mol. The molecule has 5 atom stereocenters. The van der Waals surface area contributed by atoms with Gasteiger partial charge in [-0.3, -0.25) is 14.3 Å². The average Bonchev–Trinajstić information content (AvgIpc) is 3.01. The summed E-state index contributed by atoms with van der Waals surface area (Å²) in [5.41, 5.74) is 5.22. The van der Waals surface area contributed by atoms with E-state index in [1.807, 2.05) is 0 Å². The smallest absolute Gasteiger partial charge is 0.387 e. The van der Waals surface area contributed by atoms with Gasteiger partial charge in [0.1, 0.15) is 24.0 Å². The molecular weight excluding hydrogens is 456 g/mol. The Hall–Kier alpha value is -1.19. The van der Waals surface area contributed by atoms with Crippen molar-refractivity contribution in [2.75, 3.05) is 35.9 Å². The molecule has 2 aliphatic rings. The molecule has 0 amide bonds. The molecule has 0 aromatic carbocycles. The van der Waals surface area contributed by atoms with E-state index in [1.165, 1.54) is 9.80 Å². The lowest BCUT2D eigenvalue weighted by Crippen LogP contribution is -2.45. The number of ether oxygens (including phenoxy) is 1. The molecular formula is C11H19N5O10P2S. The second-order valence-corrected chi connectivity index (χ2v) is 13.4. The van der Waals surface area contributed by atoms with E-state index in [-0.39, 0.29) is 24.1 Å². The van der Waals surface area contributed by atoms with Crippen LogP contribution in [-0.4, -0.2) is 79.7 Å². The van der Waals surface area contributed by atoms with Crippen LogP contribution in [0.3, 0.4) is 0 Å². The van der Waals surface area contributed by atoms with Gasteiger partial charge in [0.2, 0.25) is 5.95 Å². The van der Waals surface area contributed by atoms with Crippen molar-refractivity contribution in [2.24, 2.45) is 0 Å². The Kier molecular flexibility index (Phi) is 6.06. The van der Waals surface area contributed by atoms with Gasteiger partial charge in [-0.05, 0) is 0 Å². The highest BCUT2D eigenvalue weighted by Gasteiger charge is 2.49. The number of aliphatic hydroxyl groups is 2. The maximum atomic E-state index is 12.1. The first-order chi connectivity index (χ1) is 13.3. The molecule has 0 aliphatic carbocycles. The summed E-state index contributed by atoms with van der Waals surface area (Å²) in [6.45, 7) is -10.3. The molecule has 1 unspecified atom stereocenters. The topological polar surface area (TPSA) is 232 Å². The quantitative estimate of drug-likeness (QED) is 0.220. The van der Waals surface area contributed by atoms with Gasteiger partial charge >= 0.3 is 13.6 Å². The fourth-order valence-electron chi connectivity index (χ4n) is 3.03. The van der Waals surface area contributed by atoms with Crippen LogP contribution in [-0.2, 0) is 18.4 Å². The third-order valence-corrected chi connectivity index (χ3v) is 10.4. The number of nitrogens with two attached hydrogens (primary N) is 1. The summed E-state index contributed by atoms with van der Waals surface area (Å²) in [5.74, 6) is -0.0610. The van der Waals surface area contributed by atoms with Crippen LogP contribution in [0.15, 0.2) is 4.79 Å². The summed E-state index contributed by atoms with van der Waals surface area (Å²) in [5, 5.41) is 20.6. The van der Waals surface area contributed by atoms with Crippen LogP contribution >= 0.6 is 24.6 Å². The molecule has 0 saturated carbocycles. The third kappa shape index (κ3) is 4.77. The van der Waals surface area contributed by atoms with Crippen LogP contribution in [0.25, 0.3) is 0 Å². The Balaban J connectivity index is 1.75. The van der Waals surface area contributed by atoms with Gasteiger partial charge in [0.15, 0.2) is 12.0 Å². The van der Waals surface area contributed by atoms with Crippen molar-refractivity contribution in [1.82, 2.24) is 9.97 Å². The van der Waals surface area contributed by atoms with Crippen molar-refractivity contribution in [3.05, 3.63) is 10.4 Å². The molecule has 164 valence electrons. The van der Waals surface area contributed by atoms with Crippen molar-refractivity contribution < 1.29 is 43.3 Å². The largest absolute Gasteiger partial charge is 0.397 e. The number of fused-ring (bicyclic) bond motifs is 1. The minimum Gasteiger partial charge on any atom is -0.387 e. The zero-order valence-electron chi connectivity index (χ0n) is 14.7. The van der Waals surface area contributed by atoms with Gasteiger partial charge in [0.05, 0.1) is 24.3 Å². The lowest BCUT2D eigenvalue weighted by atomic mass is 10.1. The second kappa shape index (κ2) is 7.81. The van der Waals surface area contributed by atoms with Crippen LogP contribution in [0.5, 0.6) is 0 Å². The minimum absolute atomic E-state index is 0.0590. The number of H-pyrrole nitrogens is 1. The molecule has 29 heavy (non-hydrogen) atoms. The zero-order chi connectivity index (χ0) is 21.7. The number of aliphatic hydroxyl groups excluding tert-OH is 2. The number of nitrogens with one attached hydrogen (secondary N) is 1. The van der Waals surface area contributed by atoms with Gasteiger partial charge in [0, 0.05) is 7.05 Å². The second-order valence-electron chi connectivity index (χ2n) is 6.32. The van der Waals surface area contributed by atoms with Crippen LogP contribution < -0.4 is 21.1 Å². The van der Waals surface area contributed by atoms with E-state index < -0.39 is 61.3 Å². The molecule has 0 spiro atoms. The molecule has 0 radical (unpaired) electrons. The van der Waals surface area contributed by atoms with Gasteiger partial charge in [-0.1, -0.05) is 0 Å². The first-order valence-electron chi connectivity index (χ1n) is 7.92. The SMILES string of the molecule is CN1CN([C@@H]2O[C@H](COP(=O)(O)SP(=O)(O)O)[C@@H](O)[C@H]2O)c2nc(N)[nH]c(=O)c21. The van der Waals surface area contributed by atoms with E-state index in [0.29, 0.717) is 0 Å². The number of nitrogens with zero attached hydrogens (tertiary/aromatic N) is 3. The van der Waals surface area contributed by atoms with Gasteiger partial charge in [-0.2, -0.15) is 4.98 Å². The van der Waals surface area contributed by atoms with Gasteiger partial charge < -0.3 is 45.2 Å². The molecule has 15 nitrogen and oxygen atoms in total. The van der Waals surface area contributed by atoms with Crippen molar-refractivity contribution in [3.8, 4) is 0 Å². The molecule has 2 aliphatic heterocycles. The molecule has 3 rings (SSSR count). The normalized spacial score (nSPS) is 29.2. The average molecular weight is 475 g/mol. The zero-order valence-corrected chi connectivity index (χ0v) is 17.3. The molecule has 8 N–H and O–H groups in total. The van der Waals surface area contributed by atoms with E-state index in [2.05, 4.69) is 14.5 Å². The molecule has 1 fully saturated rings. The lowest BCUT2D eigenvalue weighted by molar-refractivity contribution is -0.0172. The van der Waals surface area contributed by atoms with Crippen LogP contribution in [0.4, 0.5) is 17.5 Å². The highest BCUT2D eigenvalue weighted by Crippen LogP contribution is 2.72. The van der Waals surface area contributed by atoms with Gasteiger partial charge in [0.25, 0.3) is 5.56 Å². The number of anilines is 3. The molecule has 0 bridgehead atoms. The van der Waals surface area contributed by atoms with Gasteiger partial charge in [-0.25, -0.2) is 9.13 Å². The summed E-state index contributed by atoms with van der Waals surface area (Å²) >= 11 is -0.559.